The fraction of sp³-hybridized carbons (Fsp3) is 0.0769. The molecule has 3 aromatic rings. The Hall–Kier alpha value is -2.76. The van der Waals surface area contributed by atoms with Gasteiger partial charge in [-0.1, -0.05) is 17.3 Å². The number of nitrogens with zero attached hydrogens (tertiary/aromatic N) is 4. The summed E-state index contributed by atoms with van der Waals surface area (Å²) in [4.78, 5) is 12.2. The van der Waals surface area contributed by atoms with Crippen LogP contribution in [0.3, 0.4) is 0 Å². The number of phenols is 1. The standard InChI is InChI=1S/C13H10N4O2/c1-8-3-2-4-9(11(8)18)13-16-12(17-19-13)10-7-14-5-6-15-10/h2-7,18H,1H3. The SMILES string of the molecule is Cc1cccc(-c2nc(-c3cnccn3)no2)c1O. The highest BCUT2D eigenvalue weighted by molar-refractivity contribution is 5.65. The molecule has 2 heterocycles. The molecule has 6 heteroatoms. The third-order valence-corrected chi connectivity index (χ3v) is 2.69. The summed E-state index contributed by atoms with van der Waals surface area (Å²) in [6.45, 7) is 1.80. The van der Waals surface area contributed by atoms with Gasteiger partial charge in [-0.25, -0.2) is 4.98 Å². The molecule has 0 spiro atoms. The van der Waals surface area contributed by atoms with Crippen LogP contribution in [0.25, 0.3) is 23.0 Å². The zero-order valence-corrected chi connectivity index (χ0v) is 10.1. The van der Waals surface area contributed by atoms with Crippen LogP contribution in [0.1, 0.15) is 5.56 Å². The molecule has 0 unspecified atom stereocenters. The Labute approximate surface area is 108 Å². The van der Waals surface area contributed by atoms with Crippen LogP contribution in [-0.2, 0) is 0 Å². The highest BCUT2D eigenvalue weighted by Gasteiger charge is 2.15. The van der Waals surface area contributed by atoms with E-state index in [1.165, 1.54) is 0 Å². The van der Waals surface area contributed by atoms with Gasteiger partial charge in [0.25, 0.3) is 5.89 Å². The number of aromatic hydroxyl groups is 1. The molecule has 94 valence electrons. The molecule has 0 aliphatic heterocycles. The number of hydrogen-bond donors (Lipinski definition) is 1. The monoisotopic (exact) mass is 254 g/mol. The van der Waals surface area contributed by atoms with Crippen molar-refractivity contribution >= 4 is 0 Å². The maximum atomic E-state index is 9.98. The molecular weight excluding hydrogens is 244 g/mol. The molecule has 0 fully saturated rings. The lowest BCUT2D eigenvalue weighted by molar-refractivity contribution is 0.425. The van der Waals surface area contributed by atoms with Crippen molar-refractivity contribution < 1.29 is 9.63 Å². The van der Waals surface area contributed by atoms with Crippen molar-refractivity contribution in [1.82, 2.24) is 20.1 Å². The van der Waals surface area contributed by atoms with Crippen LogP contribution in [-0.4, -0.2) is 25.2 Å². The van der Waals surface area contributed by atoms with Crippen molar-refractivity contribution in [2.75, 3.05) is 0 Å². The normalized spacial score (nSPS) is 10.6. The van der Waals surface area contributed by atoms with Crippen LogP contribution >= 0.6 is 0 Å². The fourth-order valence-corrected chi connectivity index (χ4v) is 1.68. The van der Waals surface area contributed by atoms with Gasteiger partial charge in [-0.2, -0.15) is 4.98 Å². The quantitative estimate of drug-likeness (QED) is 0.754. The van der Waals surface area contributed by atoms with Crippen molar-refractivity contribution in [2.45, 2.75) is 6.92 Å². The first-order valence-electron chi connectivity index (χ1n) is 5.65. The first kappa shape index (κ1) is 11.3. The molecule has 0 amide bonds. The van der Waals surface area contributed by atoms with Gasteiger partial charge in [-0.15, -0.1) is 0 Å². The Morgan fingerprint density at radius 1 is 1.21 bits per heavy atom. The number of benzene rings is 1. The van der Waals surface area contributed by atoms with Crippen molar-refractivity contribution in [3.8, 4) is 28.7 Å². The zero-order valence-electron chi connectivity index (χ0n) is 10.1. The maximum Gasteiger partial charge on any atom is 0.262 e. The van der Waals surface area contributed by atoms with Crippen molar-refractivity contribution in [2.24, 2.45) is 0 Å². The third kappa shape index (κ3) is 2.03. The van der Waals surface area contributed by atoms with Crippen LogP contribution in [0.4, 0.5) is 0 Å². The minimum atomic E-state index is 0.136. The molecule has 0 atom stereocenters. The van der Waals surface area contributed by atoms with E-state index in [0.29, 0.717) is 17.1 Å². The van der Waals surface area contributed by atoms with Crippen molar-refractivity contribution in [1.29, 1.82) is 0 Å². The lowest BCUT2D eigenvalue weighted by Gasteiger charge is -2.01. The molecule has 0 aliphatic carbocycles. The van der Waals surface area contributed by atoms with Gasteiger partial charge in [0.15, 0.2) is 0 Å². The lowest BCUT2D eigenvalue weighted by atomic mass is 10.1. The van der Waals surface area contributed by atoms with Gasteiger partial charge >= 0.3 is 0 Å². The average Bonchev–Trinajstić information content (AvgIpc) is 2.92. The zero-order chi connectivity index (χ0) is 13.2. The fourth-order valence-electron chi connectivity index (χ4n) is 1.68. The molecule has 6 nitrogen and oxygen atoms in total. The largest absolute Gasteiger partial charge is 0.507 e. The van der Waals surface area contributed by atoms with E-state index in [4.69, 9.17) is 4.52 Å². The summed E-state index contributed by atoms with van der Waals surface area (Å²) in [6.07, 6.45) is 4.66. The van der Waals surface area contributed by atoms with Gasteiger partial charge in [-0.05, 0) is 18.6 Å². The predicted octanol–water partition coefficient (Wildman–Crippen LogP) is 2.21. The molecule has 1 N–H and O–H groups in total. The van der Waals surface area contributed by atoms with E-state index < -0.39 is 0 Å². The van der Waals surface area contributed by atoms with E-state index in [1.54, 1.807) is 37.6 Å². The van der Waals surface area contributed by atoms with E-state index in [2.05, 4.69) is 20.1 Å². The molecule has 1 aromatic carbocycles. The molecule has 0 saturated carbocycles. The summed E-state index contributed by atoms with van der Waals surface area (Å²) in [5, 5.41) is 13.8. The second kappa shape index (κ2) is 4.49. The van der Waals surface area contributed by atoms with Crippen LogP contribution < -0.4 is 0 Å². The maximum absolute atomic E-state index is 9.98. The van der Waals surface area contributed by atoms with E-state index in [1.807, 2.05) is 6.07 Å². The van der Waals surface area contributed by atoms with Gasteiger partial charge in [0, 0.05) is 12.4 Å². The molecule has 19 heavy (non-hydrogen) atoms. The summed E-state index contributed by atoms with van der Waals surface area (Å²) >= 11 is 0. The van der Waals surface area contributed by atoms with E-state index in [9.17, 15) is 5.11 Å². The van der Waals surface area contributed by atoms with Gasteiger partial charge < -0.3 is 9.63 Å². The Morgan fingerprint density at radius 2 is 2.11 bits per heavy atom. The number of hydrogen-bond acceptors (Lipinski definition) is 6. The summed E-state index contributed by atoms with van der Waals surface area (Å²) in [7, 11) is 0. The van der Waals surface area contributed by atoms with Crippen molar-refractivity contribution in [3.05, 3.63) is 42.4 Å². The second-order valence-corrected chi connectivity index (χ2v) is 3.98. The second-order valence-electron chi connectivity index (χ2n) is 3.98. The lowest BCUT2D eigenvalue weighted by Crippen LogP contribution is -1.86. The molecule has 0 bridgehead atoms. The van der Waals surface area contributed by atoms with E-state index in [-0.39, 0.29) is 11.6 Å². The van der Waals surface area contributed by atoms with Gasteiger partial charge in [-0.3, -0.25) is 4.98 Å². The Balaban J connectivity index is 2.05. The average molecular weight is 254 g/mol. The minimum absolute atomic E-state index is 0.136. The smallest absolute Gasteiger partial charge is 0.262 e. The summed E-state index contributed by atoms with van der Waals surface area (Å²) < 4.78 is 5.15. The Kier molecular flexibility index (Phi) is 2.68. The molecule has 2 aromatic heterocycles. The minimum Gasteiger partial charge on any atom is -0.507 e. The molecule has 3 rings (SSSR count). The van der Waals surface area contributed by atoms with Gasteiger partial charge in [0.2, 0.25) is 5.82 Å². The molecular formula is C13H10N4O2. The summed E-state index contributed by atoms with van der Waals surface area (Å²) in [5.74, 6) is 0.725. The Bertz CT molecular complexity index is 710. The number of para-hydroxylation sites is 1. The topological polar surface area (TPSA) is 84.9 Å². The predicted molar refractivity (Wildman–Crippen MR) is 67.2 cm³/mol. The highest BCUT2D eigenvalue weighted by Crippen LogP contribution is 2.31. The number of phenolic OH excluding ortho intramolecular Hbond substituents is 1. The van der Waals surface area contributed by atoms with Crippen LogP contribution in [0.5, 0.6) is 5.75 Å². The van der Waals surface area contributed by atoms with Crippen molar-refractivity contribution in [3.63, 3.8) is 0 Å². The highest BCUT2D eigenvalue weighted by atomic mass is 16.5. The van der Waals surface area contributed by atoms with Crippen LogP contribution in [0.2, 0.25) is 0 Å². The van der Waals surface area contributed by atoms with E-state index >= 15 is 0 Å². The summed E-state index contributed by atoms with van der Waals surface area (Å²) in [6, 6.07) is 5.34. The van der Waals surface area contributed by atoms with E-state index in [0.717, 1.165) is 5.56 Å². The van der Waals surface area contributed by atoms with Gasteiger partial charge in [0.05, 0.1) is 11.8 Å². The Morgan fingerprint density at radius 3 is 2.89 bits per heavy atom. The molecule has 0 saturated heterocycles. The van der Waals surface area contributed by atoms with Crippen LogP contribution in [0.15, 0.2) is 41.3 Å². The molecule has 0 aliphatic rings. The number of aromatic nitrogens is 4. The first-order chi connectivity index (χ1) is 9.25. The third-order valence-electron chi connectivity index (χ3n) is 2.69. The summed E-state index contributed by atoms with van der Waals surface area (Å²) in [5.41, 5.74) is 1.77. The van der Waals surface area contributed by atoms with Gasteiger partial charge in [0.1, 0.15) is 11.4 Å². The number of aryl methyl sites for hydroxylation is 1. The number of rotatable bonds is 2. The van der Waals surface area contributed by atoms with Crippen LogP contribution in [0, 0.1) is 6.92 Å². The molecule has 0 radical (unpaired) electrons. The first-order valence-corrected chi connectivity index (χ1v) is 5.65.